The van der Waals surface area contributed by atoms with Crippen LogP contribution in [0.3, 0.4) is 0 Å². The maximum absolute atomic E-state index is 14.8. The van der Waals surface area contributed by atoms with Crippen LogP contribution in [-0.2, 0) is 38.1 Å². The van der Waals surface area contributed by atoms with E-state index in [-0.39, 0.29) is 6.61 Å². The molecule has 0 amide bonds. The van der Waals surface area contributed by atoms with Crippen LogP contribution in [-0.4, -0.2) is 60.9 Å². The molecule has 25 heavy (non-hydrogen) atoms. The third-order valence-electron chi connectivity index (χ3n) is 3.10. The first-order valence-corrected chi connectivity index (χ1v) is 7.86. The molecule has 0 aliphatic carbocycles. The second-order valence-corrected chi connectivity index (χ2v) is 6.67. The Morgan fingerprint density at radius 1 is 0.960 bits per heavy atom. The van der Waals surface area contributed by atoms with Crippen LogP contribution < -0.4 is 0 Å². The Bertz CT molecular complexity index is 501. The fourth-order valence-corrected chi connectivity index (χ4v) is 2.31. The molecule has 5 atom stereocenters. The number of hydrogen-bond acceptors (Lipinski definition) is 8. The first kappa shape index (κ1) is 21.3. The van der Waals surface area contributed by atoms with E-state index in [0.717, 1.165) is 13.8 Å². The SMILES string of the molecule is CC(=O)OCC1O[C@@H](OC(C)(C)C)C(F)C(OC(C)=O)[C@@H]1OC(C)=O. The quantitative estimate of drug-likeness (QED) is 0.532. The number of halogens is 1. The van der Waals surface area contributed by atoms with E-state index in [9.17, 15) is 18.8 Å². The molecule has 0 saturated carbocycles. The number of hydrogen-bond donors (Lipinski definition) is 0. The molecule has 0 bridgehead atoms. The van der Waals surface area contributed by atoms with Gasteiger partial charge in [0.15, 0.2) is 24.7 Å². The predicted octanol–water partition coefficient (Wildman–Crippen LogP) is 1.29. The summed E-state index contributed by atoms with van der Waals surface area (Å²) in [5.41, 5.74) is -0.754. The molecule has 1 rings (SSSR count). The van der Waals surface area contributed by atoms with Crippen molar-refractivity contribution in [2.75, 3.05) is 6.61 Å². The number of ether oxygens (including phenoxy) is 5. The predicted molar refractivity (Wildman–Crippen MR) is 82.1 cm³/mol. The fourth-order valence-electron chi connectivity index (χ4n) is 2.31. The Hall–Kier alpha value is -1.74. The highest BCUT2D eigenvalue weighted by Crippen LogP contribution is 2.31. The molecule has 1 aliphatic rings. The van der Waals surface area contributed by atoms with Crippen molar-refractivity contribution in [3.8, 4) is 0 Å². The van der Waals surface area contributed by atoms with Crippen LogP contribution in [0.4, 0.5) is 4.39 Å². The van der Waals surface area contributed by atoms with Gasteiger partial charge in [-0.05, 0) is 20.8 Å². The van der Waals surface area contributed by atoms with Crippen molar-refractivity contribution < 1.29 is 42.5 Å². The Morgan fingerprint density at radius 3 is 1.92 bits per heavy atom. The average molecular weight is 364 g/mol. The van der Waals surface area contributed by atoms with Crippen LogP contribution in [0.1, 0.15) is 41.5 Å². The monoisotopic (exact) mass is 364 g/mol. The molecule has 144 valence electrons. The summed E-state index contributed by atoms with van der Waals surface area (Å²) in [5.74, 6) is -2.07. The molecule has 1 aliphatic heterocycles. The molecular formula is C16H25FO8. The molecule has 0 aromatic rings. The van der Waals surface area contributed by atoms with Gasteiger partial charge in [0.05, 0.1) is 5.60 Å². The minimum absolute atomic E-state index is 0.318. The number of carbonyl (C=O) groups excluding carboxylic acids is 3. The lowest BCUT2D eigenvalue weighted by molar-refractivity contribution is -0.311. The molecule has 1 saturated heterocycles. The highest BCUT2D eigenvalue weighted by molar-refractivity contribution is 5.67. The summed E-state index contributed by atoms with van der Waals surface area (Å²) in [6.07, 6.45) is -7.09. The lowest BCUT2D eigenvalue weighted by atomic mass is 9.99. The molecule has 0 aromatic carbocycles. The van der Waals surface area contributed by atoms with Gasteiger partial charge in [-0.3, -0.25) is 14.4 Å². The minimum Gasteiger partial charge on any atom is -0.463 e. The lowest BCUT2D eigenvalue weighted by Gasteiger charge is -2.43. The van der Waals surface area contributed by atoms with Crippen LogP contribution in [0.25, 0.3) is 0 Å². The Balaban J connectivity index is 3.11. The molecule has 9 heteroatoms. The minimum atomic E-state index is -1.90. The van der Waals surface area contributed by atoms with Crippen molar-refractivity contribution in [1.29, 1.82) is 0 Å². The maximum atomic E-state index is 14.8. The summed E-state index contributed by atoms with van der Waals surface area (Å²) in [7, 11) is 0. The van der Waals surface area contributed by atoms with Crippen LogP contribution in [0.5, 0.6) is 0 Å². The van der Waals surface area contributed by atoms with Crippen LogP contribution in [0, 0.1) is 0 Å². The van der Waals surface area contributed by atoms with E-state index in [1.54, 1.807) is 20.8 Å². The van der Waals surface area contributed by atoms with Gasteiger partial charge >= 0.3 is 17.9 Å². The average Bonchev–Trinajstić information content (AvgIpc) is 2.42. The van der Waals surface area contributed by atoms with Crippen LogP contribution in [0.2, 0.25) is 0 Å². The topological polar surface area (TPSA) is 97.4 Å². The largest absolute Gasteiger partial charge is 0.463 e. The zero-order valence-electron chi connectivity index (χ0n) is 15.2. The third-order valence-corrected chi connectivity index (χ3v) is 3.10. The van der Waals surface area contributed by atoms with Crippen LogP contribution >= 0.6 is 0 Å². The summed E-state index contributed by atoms with van der Waals surface area (Å²) in [4.78, 5) is 33.8. The summed E-state index contributed by atoms with van der Waals surface area (Å²) in [6.45, 7) is 8.19. The maximum Gasteiger partial charge on any atom is 0.303 e. The van der Waals surface area contributed by atoms with E-state index in [0.29, 0.717) is 0 Å². The van der Waals surface area contributed by atoms with Gasteiger partial charge in [-0.2, -0.15) is 0 Å². The second-order valence-electron chi connectivity index (χ2n) is 6.67. The molecule has 3 unspecified atom stereocenters. The Labute approximate surface area is 145 Å². The van der Waals surface area contributed by atoms with Gasteiger partial charge in [-0.1, -0.05) is 0 Å². The number of carbonyl (C=O) groups is 3. The van der Waals surface area contributed by atoms with E-state index < -0.39 is 54.3 Å². The number of rotatable bonds is 5. The first-order valence-electron chi connectivity index (χ1n) is 7.86. The van der Waals surface area contributed by atoms with Crippen molar-refractivity contribution in [3.05, 3.63) is 0 Å². The molecule has 1 fully saturated rings. The Kier molecular flexibility index (Phi) is 7.30. The molecule has 0 aromatic heterocycles. The molecule has 0 spiro atoms. The fraction of sp³-hybridized carbons (Fsp3) is 0.812. The zero-order valence-corrected chi connectivity index (χ0v) is 15.2. The molecule has 0 radical (unpaired) electrons. The van der Waals surface area contributed by atoms with Crippen molar-refractivity contribution in [1.82, 2.24) is 0 Å². The van der Waals surface area contributed by atoms with Gasteiger partial charge in [0.2, 0.25) is 0 Å². The van der Waals surface area contributed by atoms with Gasteiger partial charge in [0.25, 0.3) is 0 Å². The molecule has 8 nitrogen and oxygen atoms in total. The van der Waals surface area contributed by atoms with Crippen molar-refractivity contribution >= 4 is 17.9 Å². The highest BCUT2D eigenvalue weighted by atomic mass is 19.1. The van der Waals surface area contributed by atoms with Crippen molar-refractivity contribution in [2.24, 2.45) is 0 Å². The zero-order chi connectivity index (χ0) is 19.4. The first-order chi connectivity index (χ1) is 11.4. The van der Waals surface area contributed by atoms with Crippen molar-refractivity contribution in [3.63, 3.8) is 0 Å². The van der Waals surface area contributed by atoms with E-state index in [2.05, 4.69) is 0 Å². The summed E-state index contributed by atoms with van der Waals surface area (Å²) in [6, 6.07) is 0. The van der Waals surface area contributed by atoms with E-state index in [4.69, 9.17) is 23.7 Å². The third kappa shape index (κ3) is 6.95. The van der Waals surface area contributed by atoms with Gasteiger partial charge in [0, 0.05) is 20.8 Å². The summed E-state index contributed by atoms with van der Waals surface area (Å²) < 4.78 is 40.8. The highest BCUT2D eigenvalue weighted by Gasteiger charge is 2.52. The standard InChI is InChI=1S/C16H25FO8/c1-8(18)21-7-11-13(22-9(2)19)14(23-10(3)20)12(17)15(24-11)25-16(4,5)6/h11-15H,7H2,1-6H3/t11?,12?,13-,14?,15+/m1/s1. The molecule has 0 N–H and O–H groups in total. The van der Waals surface area contributed by atoms with Crippen LogP contribution in [0.15, 0.2) is 0 Å². The van der Waals surface area contributed by atoms with Gasteiger partial charge in [-0.15, -0.1) is 0 Å². The normalized spacial score (nSPS) is 29.6. The smallest absolute Gasteiger partial charge is 0.303 e. The van der Waals surface area contributed by atoms with Gasteiger partial charge in [-0.25, -0.2) is 4.39 Å². The number of alkyl halides is 1. The summed E-state index contributed by atoms with van der Waals surface area (Å²) >= 11 is 0. The number of esters is 3. The Morgan fingerprint density at radius 2 is 1.48 bits per heavy atom. The van der Waals surface area contributed by atoms with E-state index in [1.165, 1.54) is 6.92 Å². The van der Waals surface area contributed by atoms with E-state index >= 15 is 0 Å². The molecular weight excluding hydrogens is 339 g/mol. The van der Waals surface area contributed by atoms with Gasteiger partial charge in [0.1, 0.15) is 12.7 Å². The van der Waals surface area contributed by atoms with Gasteiger partial charge < -0.3 is 23.7 Å². The van der Waals surface area contributed by atoms with E-state index in [1.807, 2.05) is 0 Å². The van der Waals surface area contributed by atoms with Crippen molar-refractivity contribution in [2.45, 2.75) is 77.9 Å². The second kappa shape index (κ2) is 8.57. The summed E-state index contributed by atoms with van der Waals surface area (Å²) in [5, 5.41) is 0. The molecule has 1 heterocycles. The lowest BCUT2D eigenvalue weighted by Crippen LogP contribution is -2.61.